The molecule has 0 atom stereocenters. The minimum atomic E-state index is -4.75. The van der Waals surface area contributed by atoms with Gasteiger partial charge in [0.25, 0.3) is 0 Å². The minimum absolute atomic E-state index is 0.0799. The zero-order chi connectivity index (χ0) is 17.9. The van der Waals surface area contributed by atoms with E-state index < -0.39 is 6.36 Å². The number of ether oxygens (including phenoxy) is 1. The van der Waals surface area contributed by atoms with E-state index in [1.807, 2.05) is 12.1 Å². The van der Waals surface area contributed by atoms with E-state index in [-0.39, 0.29) is 17.4 Å². The third kappa shape index (κ3) is 4.63. The van der Waals surface area contributed by atoms with Crippen molar-refractivity contribution in [1.29, 1.82) is 0 Å². The van der Waals surface area contributed by atoms with Crippen molar-refractivity contribution in [3.63, 3.8) is 0 Å². The number of carbonyl (C=O) groups excluding carboxylic acids is 1. The summed E-state index contributed by atoms with van der Waals surface area (Å²) in [5.74, 6) is -0.590. The van der Waals surface area contributed by atoms with Crippen LogP contribution in [0.5, 0.6) is 5.75 Å². The fraction of sp³-hybridized carbons (Fsp3) is 0.133. The number of amides is 1. The first-order valence-electron chi connectivity index (χ1n) is 6.99. The smallest absolute Gasteiger partial charge is 0.406 e. The summed E-state index contributed by atoms with van der Waals surface area (Å²) >= 11 is 1.20. The van der Waals surface area contributed by atoms with Gasteiger partial charge in [0.15, 0.2) is 10.8 Å². The van der Waals surface area contributed by atoms with Gasteiger partial charge in [-0.3, -0.25) is 9.20 Å². The predicted octanol–water partition coefficient (Wildman–Crippen LogP) is 3.36. The largest absolute Gasteiger partial charge is 0.573 e. The summed E-state index contributed by atoms with van der Waals surface area (Å²) in [4.78, 5) is 12.0. The second-order valence-electron chi connectivity index (χ2n) is 4.82. The van der Waals surface area contributed by atoms with E-state index in [0.717, 1.165) is 12.1 Å². The Morgan fingerprint density at radius 2 is 1.92 bits per heavy atom. The number of thioether (sulfide) groups is 1. The van der Waals surface area contributed by atoms with E-state index in [1.165, 1.54) is 23.9 Å². The number of benzene rings is 1. The first kappa shape index (κ1) is 17.1. The summed E-state index contributed by atoms with van der Waals surface area (Å²) in [6.45, 7) is 0. The summed E-state index contributed by atoms with van der Waals surface area (Å²) < 4.78 is 41.8. The third-order valence-electron chi connectivity index (χ3n) is 2.99. The van der Waals surface area contributed by atoms with Crippen LogP contribution in [0.3, 0.4) is 0 Å². The van der Waals surface area contributed by atoms with Crippen molar-refractivity contribution in [2.45, 2.75) is 11.5 Å². The number of pyridine rings is 1. The van der Waals surface area contributed by atoms with Crippen LogP contribution >= 0.6 is 11.8 Å². The molecule has 2 aromatic heterocycles. The maximum Gasteiger partial charge on any atom is 0.573 e. The number of hydrogen-bond acceptors (Lipinski definition) is 5. The van der Waals surface area contributed by atoms with Gasteiger partial charge in [0.05, 0.1) is 5.75 Å². The molecule has 0 aliphatic rings. The molecule has 0 spiro atoms. The molecule has 0 aliphatic carbocycles. The Morgan fingerprint density at radius 3 is 2.64 bits per heavy atom. The lowest BCUT2D eigenvalue weighted by Crippen LogP contribution is -2.17. The first-order valence-corrected chi connectivity index (χ1v) is 7.97. The quantitative estimate of drug-likeness (QED) is 0.700. The zero-order valence-electron chi connectivity index (χ0n) is 12.5. The number of hydrogen-bond donors (Lipinski definition) is 1. The SMILES string of the molecule is O=C(CSc1nnc2ccccn12)Nc1ccc(OC(F)(F)F)cc1. The Bertz CT molecular complexity index is 880. The number of alkyl halides is 3. The lowest BCUT2D eigenvalue weighted by atomic mass is 10.3. The van der Waals surface area contributed by atoms with E-state index in [9.17, 15) is 18.0 Å². The lowest BCUT2D eigenvalue weighted by molar-refractivity contribution is -0.274. The summed E-state index contributed by atoms with van der Waals surface area (Å²) in [5.41, 5.74) is 1.04. The maximum atomic E-state index is 12.1. The number of nitrogens with zero attached hydrogens (tertiary/aromatic N) is 3. The number of anilines is 1. The van der Waals surface area contributed by atoms with Crippen molar-refractivity contribution < 1.29 is 22.7 Å². The van der Waals surface area contributed by atoms with Gasteiger partial charge in [-0.1, -0.05) is 17.8 Å². The number of nitrogens with one attached hydrogen (secondary N) is 1. The Kier molecular flexibility index (Phi) is 4.79. The average molecular weight is 368 g/mol. The van der Waals surface area contributed by atoms with Crippen LogP contribution in [0, 0.1) is 0 Å². The van der Waals surface area contributed by atoms with Gasteiger partial charge >= 0.3 is 6.36 Å². The Labute approximate surface area is 144 Å². The molecule has 130 valence electrons. The second kappa shape index (κ2) is 7.01. The van der Waals surface area contributed by atoms with Crippen molar-refractivity contribution in [2.24, 2.45) is 0 Å². The molecule has 3 aromatic rings. The Balaban J connectivity index is 1.56. The predicted molar refractivity (Wildman–Crippen MR) is 85.5 cm³/mol. The van der Waals surface area contributed by atoms with Gasteiger partial charge in [-0.25, -0.2) is 0 Å². The van der Waals surface area contributed by atoms with Crippen LogP contribution < -0.4 is 10.1 Å². The minimum Gasteiger partial charge on any atom is -0.406 e. The molecule has 0 aliphatic heterocycles. The van der Waals surface area contributed by atoms with Crippen molar-refractivity contribution in [2.75, 3.05) is 11.1 Å². The topological polar surface area (TPSA) is 68.5 Å². The van der Waals surface area contributed by atoms with Gasteiger partial charge in [-0.15, -0.1) is 23.4 Å². The molecular weight excluding hydrogens is 357 g/mol. The van der Waals surface area contributed by atoms with E-state index in [4.69, 9.17) is 0 Å². The van der Waals surface area contributed by atoms with E-state index in [0.29, 0.717) is 16.5 Å². The van der Waals surface area contributed by atoms with Crippen molar-refractivity contribution in [3.8, 4) is 5.75 Å². The summed E-state index contributed by atoms with van der Waals surface area (Å²) in [6.07, 6.45) is -2.96. The summed E-state index contributed by atoms with van der Waals surface area (Å²) in [6, 6.07) is 10.4. The number of halogens is 3. The van der Waals surface area contributed by atoms with Crippen molar-refractivity contribution >= 4 is 29.0 Å². The fourth-order valence-electron chi connectivity index (χ4n) is 1.99. The van der Waals surface area contributed by atoms with Crippen LogP contribution in [0.15, 0.2) is 53.8 Å². The number of fused-ring (bicyclic) bond motifs is 1. The lowest BCUT2D eigenvalue weighted by Gasteiger charge is -2.09. The molecule has 0 saturated carbocycles. The number of carbonyl (C=O) groups is 1. The third-order valence-corrected chi connectivity index (χ3v) is 3.93. The highest BCUT2D eigenvalue weighted by molar-refractivity contribution is 7.99. The van der Waals surface area contributed by atoms with Gasteiger partial charge in [0, 0.05) is 11.9 Å². The normalized spacial score (nSPS) is 11.5. The molecule has 0 fully saturated rings. The molecule has 25 heavy (non-hydrogen) atoms. The summed E-state index contributed by atoms with van der Waals surface area (Å²) in [5, 5.41) is 11.1. The van der Waals surface area contributed by atoms with Crippen LogP contribution in [0.2, 0.25) is 0 Å². The van der Waals surface area contributed by atoms with Crippen LogP contribution in [0.25, 0.3) is 5.65 Å². The standard InChI is InChI=1S/C15H11F3N4O2S/c16-15(17,18)24-11-6-4-10(5-7-11)19-13(23)9-25-14-21-20-12-3-1-2-8-22(12)14/h1-8H,9H2,(H,19,23). The molecule has 10 heteroatoms. The molecular formula is C15H11F3N4O2S. The van der Waals surface area contributed by atoms with Crippen molar-refractivity contribution in [3.05, 3.63) is 48.7 Å². The van der Waals surface area contributed by atoms with E-state index >= 15 is 0 Å². The molecule has 0 bridgehead atoms. The monoisotopic (exact) mass is 368 g/mol. The van der Waals surface area contributed by atoms with Crippen LogP contribution in [0.1, 0.15) is 0 Å². The molecule has 6 nitrogen and oxygen atoms in total. The average Bonchev–Trinajstić information content (AvgIpc) is 2.97. The Morgan fingerprint density at radius 1 is 1.16 bits per heavy atom. The van der Waals surface area contributed by atoms with Gasteiger partial charge in [-0.2, -0.15) is 0 Å². The molecule has 2 heterocycles. The number of aromatic nitrogens is 3. The Hall–Kier alpha value is -2.75. The molecule has 0 unspecified atom stereocenters. The number of rotatable bonds is 5. The maximum absolute atomic E-state index is 12.1. The van der Waals surface area contributed by atoms with E-state index in [2.05, 4.69) is 20.3 Å². The summed E-state index contributed by atoms with van der Waals surface area (Å²) in [7, 11) is 0. The highest BCUT2D eigenvalue weighted by atomic mass is 32.2. The molecule has 3 rings (SSSR count). The van der Waals surface area contributed by atoms with Crippen LogP contribution in [-0.4, -0.2) is 32.6 Å². The fourth-order valence-corrected chi connectivity index (χ4v) is 2.71. The van der Waals surface area contributed by atoms with Gasteiger partial charge in [-0.05, 0) is 36.4 Å². The van der Waals surface area contributed by atoms with Gasteiger partial charge < -0.3 is 10.1 Å². The van der Waals surface area contributed by atoms with E-state index in [1.54, 1.807) is 16.7 Å². The van der Waals surface area contributed by atoms with Crippen LogP contribution in [-0.2, 0) is 4.79 Å². The molecule has 1 amide bonds. The zero-order valence-corrected chi connectivity index (χ0v) is 13.3. The first-order chi connectivity index (χ1) is 11.9. The van der Waals surface area contributed by atoms with Gasteiger partial charge in [0.2, 0.25) is 5.91 Å². The molecule has 1 aromatic carbocycles. The van der Waals surface area contributed by atoms with Crippen molar-refractivity contribution in [1.82, 2.24) is 14.6 Å². The molecule has 1 N–H and O–H groups in total. The highest BCUT2D eigenvalue weighted by Gasteiger charge is 2.30. The molecule has 0 radical (unpaired) electrons. The highest BCUT2D eigenvalue weighted by Crippen LogP contribution is 2.24. The van der Waals surface area contributed by atoms with Crippen LogP contribution in [0.4, 0.5) is 18.9 Å². The molecule has 0 saturated heterocycles. The second-order valence-corrected chi connectivity index (χ2v) is 5.76. The van der Waals surface area contributed by atoms with Gasteiger partial charge in [0.1, 0.15) is 5.75 Å².